The minimum absolute atomic E-state index is 0.0624. The quantitative estimate of drug-likeness (QED) is 0.327. The van der Waals surface area contributed by atoms with Crippen LogP contribution in [0.4, 0.5) is 0 Å². The highest BCUT2D eigenvalue weighted by Crippen LogP contribution is 2.23. The summed E-state index contributed by atoms with van der Waals surface area (Å²) in [5.41, 5.74) is 9.13. The summed E-state index contributed by atoms with van der Waals surface area (Å²) in [4.78, 5) is 25.4. The summed E-state index contributed by atoms with van der Waals surface area (Å²) in [6, 6.07) is 28.5. The van der Waals surface area contributed by atoms with Gasteiger partial charge in [0.1, 0.15) is 11.5 Å². The van der Waals surface area contributed by atoms with Gasteiger partial charge in [-0.2, -0.15) is 0 Å². The van der Waals surface area contributed by atoms with E-state index in [4.69, 9.17) is 10.5 Å². The van der Waals surface area contributed by atoms with Gasteiger partial charge in [0, 0.05) is 13.0 Å². The Labute approximate surface area is 187 Å². The first-order valence-corrected chi connectivity index (χ1v) is 10.6. The SMILES string of the molecule is Cc1ccccc1C(=O)Oc1ccc(C(CN)C(=O)Cc2ccc3ccccc3c2)cc1. The van der Waals surface area contributed by atoms with Crippen molar-refractivity contribution in [3.05, 3.63) is 113 Å². The second kappa shape index (κ2) is 9.58. The highest BCUT2D eigenvalue weighted by molar-refractivity contribution is 5.93. The summed E-state index contributed by atoms with van der Waals surface area (Å²) in [5.74, 6) is -0.326. The predicted octanol–water partition coefficient (Wildman–Crippen LogP) is 5.22. The number of hydrogen-bond donors (Lipinski definition) is 1. The number of aryl methyl sites for hydroxylation is 1. The number of carbonyl (C=O) groups excluding carboxylic acids is 2. The van der Waals surface area contributed by atoms with Crippen molar-refractivity contribution in [2.24, 2.45) is 5.73 Å². The molecule has 4 aromatic rings. The number of rotatable bonds is 7. The molecule has 0 bridgehead atoms. The summed E-state index contributed by atoms with van der Waals surface area (Å²) in [5, 5.41) is 2.26. The fourth-order valence-electron chi connectivity index (χ4n) is 3.86. The van der Waals surface area contributed by atoms with Crippen molar-refractivity contribution in [2.45, 2.75) is 19.3 Å². The molecule has 0 fully saturated rings. The third-order valence-corrected chi connectivity index (χ3v) is 5.67. The molecule has 0 heterocycles. The van der Waals surface area contributed by atoms with E-state index in [1.54, 1.807) is 36.4 Å². The maximum absolute atomic E-state index is 13.0. The largest absolute Gasteiger partial charge is 0.423 e. The first-order valence-electron chi connectivity index (χ1n) is 10.6. The van der Waals surface area contributed by atoms with E-state index in [1.165, 1.54) is 0 Å². The second-order valence-corrected chi connectivity index (χ2v) is 7.89. The average molecular weight is 424 g/mol. The van der Waals surface area contributed by atoms with Gasteiger partial charge in [-0.05, 0) is 52.6 Å². The number of esters is 1. The van der Waals surface area contributed by atoms with E-state index in [2.05, 4.69) is 12.1 Å². The molecule has 0 amide bonds. The van der Waals surface area contributed by atoms with E-state index < -0.39 is 11.9 Å². The molecule has 0 aromatic heterocycles. The topological polar surface area (TPSA) is 69.4 Å². The Morgan fingerprint density at radius 1 is 0.844 bits per heavy atom. The van der Waals surface area contributed by atoms with Crippen LogP contribution in [0.5, 0.6) is 5.75 Å². The van der Waals surface area contributed by atoms with Gasteiger partial charge in [-0.3, -0.25) is 4.79 Å². The molecule has 32 heavy (non-hydrogen) atoms. The van der Waals surface area contributed by atoms with Gasteiger partial charge < -0.3 is 10.5 Å². The van der Waals surface area contributed by atoms with Crippen LogP contribution >= 0.6 is 0 Å². The molecule has 0 aliphatic rings. The lowest BCUT2D eigenvalue weighted by molar-refractivity contribution is -0.119. The summed E-state index contributed by atoms with van der Waals surface area (Å²) in [6.45, 7) is 2.08. The summed E-state index contributed by atoms with van der Waals surface area (Å²) >= 11 is 0. The Morgan fingerprint density at radius 3 is 2.25 bits per heavy atom. The third kappa shape index (κ3) is 4.76. The van der Waals surface area contributed by atoms with E-state index in [0.717, 1.165) is 27.5 Å². The fourth-order valence-corrected chi connectivity index (χ4v) is 3.86. The van der Waals surface area contributed by atoms with Gasteiger partial charge in [0.05, 0.1) is 11.5 Å². The normalized spacial score (nSPS) is 11.8. The lowest BCUT2D eigenvalue weighted by atomic mass is 9.90. The van der Waals surface area contributed by atoms with Gasteiger partial charge in [-0.15, -0.1) is 0 Å². The van der Waals surface area contributed by atoms with Crippen LogP contribution < -0.4 is 10.5 Å². The molecule has 4 nitrogen and oxygen atoms in total. The molecular formula is C28H25NO3. The van der Waals surface area contributed by atoms with Crippen molar-refractivity contribution in [1.29, 1.82) is 0 Å². The Hall–Kier alpha value is -3.76. The molecule has 1 unspecified atom stereocenters. The van der Waals surface area contributed by atoms with E-state index in [9.17, 15) is 9.59 Å². The maximum Gasteiger partial charge on any atom is 0.343 e. The van der Waals surface area contributed by atoms with Gasteiger partial charge in [-0.1, -0.05) is 72.8 Å². The number of ether oxygens (including phenoxy) is 1. The molecule has 0 aliphatic carbocycles. The van der Waals surface area contributed by atoms with Crippen LogP contribution in [-0.4, -0.2) is 18.3 Å². The molecule has 1 atom stereocenters. The highest BCUT2D eigenvalue weighted by Gasteiger charge is 2.20. The molecule has 4 rings (SSSR count). The minimum Gasteiger partial charge on any atom is -0.423 e. The van der Waals surface area contributed by atoms with Gasteiger partial charge in [0.2, 0.25) is 0 Å². The summed E-state index contributed by atoms with van der Waals surface area (Å²) < 4.78 is 5.49. The zero-order valence-electron chi connectivity index (χ0n) is 18.0. The van der Waals surface area contributed by atoms with Crippen LogP contribution in [-0.2, 0) is 11.2 Å². The second-order valence-electron chi connectivity index (χ2n) is 7.89. The van der Waals surface area contributed by atoms with Crippen molar-refractivity contribution in [3.8, 4) is 5.75 Å². The summed E-state index contributed by atoms with van der Waals surface area (Å²) in [7, 11) is 0. The predicted molar refractivity (Wildman–Crippen MR) is 127 cm³/mol. The minimum atomic E-state index is -0.414. The first kappa shape index (κ1) is 21.5. The number of fused-ring (bicyclic) bond motifs is 1. The Kier molecular flexibility index (Phi) is 6.43. The molecule has 4 heteroatoms. The van der Waals surface area contributed by atoms with E-state index in [1.807, 2.05) is 49.4 Å². The van der Waals surface area contributed by atoms with Crippen molar-refractivity contribution in [3.63, 3.8) is 0 Å². The number of ketones is 1. The van der Waals surface area contributed by atoms with Gasteiger partial charge in [0.15, 0.2) is 0 Å². The molecule has 2 N–H and O–H groups in total. The molecule has 4 aromatic carbocycles. The monoisotopic (exact) mass is 423 g/mol. The Morgan fingerprint density at radius 2 is 1.53 bits per heavy atom. The fraction of sp³-hybridized carbons (Fsp3) is 0.143. The number of carbonyl (C=O) groups is 2. The lowest BCUT2D eigenvalue weighted by Gasteiger charge is -2.15. The molecule has 0 radical (unpaired) electrons. The molecular weight excluding hydrogens is 398 g/mol. The average Bonchev–Trinajstić information content (AvgIpc) is 2.81. The molecule has 0 spiro atoms. The Bertz CT molecular complexity index is 1260. The van der Waals surface area contributed by atoms with Crippen LogP contribution in [0, 0.1) is 6.92 Å². The first-order chi connectivity index (χ1) is 15.5. The Balaban J connectivity index is 1.45. The molecule has 0 saturated heterocycles. The summed E-state index contributed by atoms with van der Waals surface area (Å²) in [6.07, 6.45) is 0.316. The number of hydrogen-bond acceptors (Lipinski definition) is 4. The van der Waals surface area contributed by atoms with Crippen molar-refractivity contribution in [2.75, 3.05) is 6.54 Å². The number of nitrogens with two attached hydrogens (primary N) is 1. The third-order valence-electron chi connectivity index (χ3n) is 5.67. The van der Waals surface area contributed by atoms with Crippen LogP contribution in [0.25, 0.3) is 10.8 Å². The van der Waals surface area contributed by atoms with Crippen molar-refractivity contribution >= 4 is 22.5 Å². The molecule has 160 valence electrons. The van der Waals surface area contributed by atoms with Gasteiger partial charge in [0.25, 0.3) is 0 Å². The highest BCUT2D eigenvalue weighted by atomic mass is 16.5. The van der Waals surface area contributed by atoms with Crippen LogP contribution in [0.2, 0.25) is 0 Å². The lowest BCUT2D eigenvalue weighted by Crippen LogP contribution is -2.23. The molecule has 0 saturated carbocycles. The van der Waals surface area contributed by atoms with Gasteiger partial charge >= 0.3 is 5.97 Å². The van der Waals surface area contributed by atoms with E-state index in [-0.39, 0.29) is 12.3 Å². The number of Topliss-reactive ketones (excluding diaryl/α,β-unsaturated/α-hetero) is 1. The van der Waals surface area contributed by atoms with Gasteiger partial charge in [-0.25, -0.2) is 4.79 Å². The zero-order chi connectivity index (χ0) is 22.5. The molecule has 0 aliphatic heterocycles. The van der Waals surface area contributed by atoms with Crippen LogP contribution in [0.3, 0.4) is 0 Å². The zero-order valence-corrected chi connectivity index (χ0v) is 18.0. The number of benzene rings is 4. The maximum atomic E-state index is 13.0. The van der Waals surface area contributed by atoms with Crippen LogP contribution in [0.1, 0.15) is 33.0 Å². The van der Waals surface area contributed by atoms with E-state index in [0.29, 0.717) is 17.7 Å². The smallest absolute Gasteiger partial charge is 0.343 e. The van der Waals surface area contributed by atoms with Crippen molar-refractivity contribution in [1.82, 2.24) is 0 Å². The standard InChI is InChI=1S/C28H25NO3/c1-19-6-2-5-9-25(19)28(31)32-24-14-12-22(13-15-24)26(18-29)27(30)17-20-10-11-21-7-3-4-8-23(21)16-20/h2-16,26H,17-18,29H2,1H3. The van der Waals surface area contributed by atoms with Crippen molar-refractivity contribution < 1.29 is 14.3 Å². The van der Waals surface area contributed by atoms with E-state index >= 15 is 0 Å². The van der Waals surface area contributed by atoms with Crippen LogP contribution in [0.15, 0.2) is 91.0 Å².